The molecular weight excluding hydrogens is 302 g/mol. The van der Waals surface area contributed by atoms with Gasteiger partial charge in [0.2, 0.25) is 5.91 Å². The van der Waals surface area contributed by atoms with Gasteiger partial charge in [0.1, 0.15) is 0 Å². The van der Waals surface area contributed by atoms with Crippen LogP contribution in [-0.2, 0) is 14.3 Å². The molecule has 0 aliphatic heterocycles. The van der Waals surface area contributed by atoms with Gasteiger partial charge in [-0.2, -0.15) is 0 Å². The standard InChI is InChI=1S/C16H25NO4S/c1-10(2)8-11(3)21-7-6-14(18)17-15-12(4)13(9-22-15)16(19)20-5/h9-11H,6-8H2,1-5H3,(H,17,18)/t11-/m1/s1. The number of ether oxygens (including phenoxy) is 2. The lowest BCUT2D eigenvalue weighted by atomic mass is 10.1. The van der Waals surface area contributed by atoms with Gasteiger partial charge in [0.25, 0.3) is 0 Å². The van der Waals surface area contributed by atoms with E-state index in [0.29, 0.717) is 29.5 Å². The van der Waals surface area contributed by atoms with E-state index in [4.69, 9.17) is 9.47 Å². The molecule has 0 aliphatic rings. The van der Waals surface area contributed by atoms with Gasteiger partial charge in [-0.3, -0.25) is 4.79 Å². The molecule has 0 unspecified atom stereocenters. The number of anilines is 1. The largest absolute Gasteiger partial charge is 0.465 e. The molecule has 124 valence electrons. The molecule has 0 aromatic carbocycles. The minimum Gasteiger partial charge on any atom is -0.465 e. The predicted molar refractivity (Wildman–Crippen MR) is 88.5 cm³/mol. The number of rotatable bonds is 8. The van der Waals surface area contributed by atoms with E-state index in [9.17, 15) is 9.59 Å². The summed E-state index contributed by atoms with van der Waals surface area (Å²) < 4.78 is 10.3. The molecule has 1 N–H and O–H groups in total. The molecule has 0 aliphatic carbocycles. The van der Waals surface area contributed by atoms with Crippen molar-refractivity contribution in [1.82, 2.24) is 0 Å². The molecule has 0 spiro atoms. The smallest absolute Gasteiger partial charge is 0.339 e. The summed E-state index contributed by atoms with van der Waals surface area (Å²) in [5.74, 6) is 0.0764. The number of amides is 1. The van der Waals surface area contributed by atoms with Crippen molar-refractivity contribution in [3.63, 3.8) is 0 Å². The lowest BCUT2D eigenvalue weighted by molar-refractivity contribution is -0.117. The highest BCUT2D eigenvalue weighted by molar-refractivity contribution is 7.14. The Morgan fingerprint density at radius 3 is 2.59 bits per heavy atom. The maximum absolute atomic E-state index is 11.9. The Morgan fingerprint density at radius 2 is 2.00 bits per heavy atom. The minimum absolute atomic E-state index is 0.113. The number of methoxy groups -OCH3 is 1. The van der Waals surface area contributed by atoms with Crippen LogP contribution in [0.4, 0.5) is 5.00 Å². The van der Waals surface area contributed by atoms with E-state index in [2.05, 4.69) is 19.2 Å². The molecule has 0 radical (unpaired) electrons. The van der Waals surface area contributed by atoms with Crippen molar-refractivity contribution in [1.29, 1.82) is 0 Å². The highest BCUT2D eigenvalue weighted by atomic mass is 32.1. The molecule has 1 aromatic rings. The van der Waals surface area contributed by atoms with E-state index in [0.717, 1.165) is 12.0 Å². The zero-order valence-electron chi connectivity index (χ0n) is 13.9. The monoisotopic (exact) mass is 327 g/mol. The van der Waals surface area contributed by atoms with E-state index in [1.54, 1.807) is 12.3 Å². The number of nitrogens with one attached hydrogen (secondary N) is 1. The first-order chi connectivity index (χ1) is 10.3. The highest BCUT2D eigenvalue weighted by Crippen LogP contribution is 2.27. The summed E-state index contributed by atoms with van der Waals surface area (Å²) in [6, 6.07) is 0. The van der Waals surface area contributed by atoms with E-state index in [1.807, 2.05) is 6.92 Å². The van der Waals surface area contributed by atoms with Gasteiger partial charge in [0, 0.05) is 5.38 Å². The average Bonchev–Trinajstić information content (AvgIpc) is 2.78. The fraction of sp³-hybridized carbons (Fsp3) is 0.625. The van der Waals surface area contributed by atoms with Gasteiger partial charge in [0.05, 0.1) is 36.8 Å². The molecule has 0 saturated carbocycles. The third-order valence-corrected chi connectivity index (χ3v) is 4.23. The van der Waals surface area contributed by atoms with Crippen LogP contribution in [0.25, 0.3) is 0 Å². The zero-order chi connectivity index (χ0) is 16.7. The van der Waals surface area contributed by atoms with Crippen molar-refractivity contribution < 1.29 is 19.1 Å². The fourth-order valence-corrected chi connectivity index (χ4v) is 3.09. The molecule has 1 heterocycles. The number of carbonyl (C=O) groups excluding carboxylic acids is 2. The van der Waals surface area contributed by atoms with Crippen molar-refractivity contribution in [2.45, 2.75) is 46.6 Å². The quantitative estimate of drug-likeness (QED) is 0.741. The molecule has 1 rings (SSSR count). The van der Waals surface area contributed by atoms with Crippen LogP contribution in [0.1, 0.15) is 49.5 Å². The molecular formula is C16H25NO4S. The van der Waals surface area contributed by atoms with Gasteiger partial charge in [-0.25, -0.2) is 4.79 Å². The zero-order valence-corrected chi connectivity index (χ0v) is 14.7. The average molecular weight is 327 g/mol. The van der Waals surface area contributed by atoms with Gasteiger partial charge in [-0.15, -0.1) is 11.3 Å². The van der Waals surface area contributed by atoms with E-state index in [1.165, 1.54) is 18.4 Å². The second-order valence-electron chi connectivity index (χ2n) is 5.70. The lowest BCUT2D eigenvalue weighted by Gasteiger charge is -2.14. The van der Waals surface area contributed by atoms with Crippen LogP contribution in [0.15, 0.2) is 5.38 Å². The van der Waals surface area contributed by atoms with Crippen LogP contribution in [0.2, 0.25) is 0 Å². The van der Waals surface area contributed by atoms with Crippen LogP contribution >= 0.6 is 11.3 Å². The van der Waals surface area contributed by atoms with Gasteiger partial charge in [-0.1, -0.05) is 13.8 Å². The first kappa shape index (κ1) is 18.6. The summed E-state index contributed by atoms with van der Waals surface area (Å²) >= 11 is 1.32. The summed E-state index contributed by atoms with van der Waals surface area (Å²) in [4.78, 5) is 23.4. The summed E-state index contributed by atoms with van der Waals surface area (Å²) in [6.07, 6.45) is 1.43. The number of hydrogen-bond donors (Lipinski definition) is 1. The van der Waals surface area contributed by atoms with Crippen molar-refractivity contribution in [3.05, 3.63) is 16.5 Å². The normalized spacial score (nSPS) is 12.3. The lowest BCUT2D eigenvalue weighted by Crippen LogP contribution is -2.18. The number of carbonyl (C=O) groups is 2. The van der Waals surface area contributed by atoms with Crippen molar-refractivity contribution in [2.75, 3.05) is 19.0 Å². The SMILES string of the molecule is COC(=O)c1csc(NC(=O)CCO[C@H](C)CC(C)C)c1C. The van der Waals surface area contributed by atoms with Crippen LogP contribution in [0, 0.1) is 12.8 Å². The van der Waals surface area contributed by atoms with Crippen LogP contribution in [-0.4, -0.2) is 31.7 Å². The van der Waals surface area contributed by atoms with Gasteiger partial charge in [0.15, 0.2) is 0 Å². The first-order valence-electron chi connectivity index (χ1n) is 7.43. The van der Waals surface area contributed by atoms with Crippen molar-refractivity contribution in [3.8, 4) is 0 Å². The molecule has 5 nitrogen and oxygen atoms in total. The highest BCUT2D eigenvalue weighted by Gasteiger charge is 2.16. The Morgan fingerprint density at radius 1 is 1.32 bits per heavy atom. The first-order valence-corrected chi connectivity index (χ1v) is 8.31. The fourth-order valence-electron chi connectivity index (χ4n) is 2.13. The Kier molecular flexibility index (Phi) is 7.55. The molecule has 6 heteroatoms. The van der Waals surface area contributed by atoms with Crippen LogP contribution < -0.4 is 5.32 Å². The van der Waals surface area contributed by atoms with E-state index < -0.39 is 0 Å². The maximum atomic E-state index is 11.9. The Balaban J connectivity index is 2.43. The molecule has 0 fully saturated rings. The molecule has 0 saturated heterocycles. The maximum Gasteiger partial charge on any atom is 0.339 e. The number of thiophene rings is 1. The Bertz CT molecular complexity index is 510. The second-order valence-corrected chi connectivity index (χ2v) is 6.58. The molecule has 22 heavy (non-hydrogen) atoms. The third kappa shape index (κ3) is 5.77. The van der Waals surface area contributed by atoms with Gasteiger partial charge >= 0.3 is 5.97 Å². The molecule has 1 amide bonds. The number of esters is 1. The molecule has 1 aromatic heterocycles. The van der Waals surface area contributed by atoms with E-state index in [-0.39, 0.29) is 18.0 Å². The summed E-state index contributed by atoms with van der Waals surface area (Å²) in [5, 5.41) is 5.19. The molecule has 0 bridgehead atoms. The van der Waals surface area contributed by atoms with Gasteiger partial charge < -0.3 is 14.8 Å². The number of hydrogen-bond acceptors (Lipinski definition) is 5. The predicted octanol–water partition coefficient (Wildman–Crippen LogP) is 3.62. The summed E-state index contributed by atoms with van der Waals surface area (Å²) in [6.45, 7) is 8.49. The van der Waals surface area contributed by atoms with Crippen molar-refractivity contribution in [2.24, 2.45) is 5.92 Å². The molecule has 1 atom stereocenters. The third-order valence-electron chi connectivity index (χ3n) is 3.23. The topological polar surface area (TPSA) is 64.6 Å². The van der Waals surface area contributed by atoms with Crippen molar-refractivity contribution >= 4 is 28.2 Å². The minimum atomic E-state index is -0.389. The Labute approximate surface area is 136 Å². The van der Waals surface area contributed by atoms with Crippen LogP contribution in [0.5, 0.6) is 0 Å². The van der Waals surface area contributed by atoms with E-state index >= 15 is 0 Å². The second kappa shape index (κ2) is 8.90. The van der Waals surface area contributed by atoms with Gasteiger partial charge in [-0.05, 0) is 31.7 Å². The summed E-state index contributed by atoms with van der Waals surface area (Å²) in [5.41, 5.74) is 1.23. The van der Waals surface area contributed by atoms with Crippen LogP contribution in [0.3, 0.4) is 0 Å². The Hall–Kier alpha value is -1.40. The summed E-state index contributed by atoms with van der Waals surface area (Å²) in [7, 11) is 1.34.